The van der Waals surface area contributed by atoms with Gasteiger partial charge < -0.3 is 10.3 Å². The number of nitrogens with two attached hydrogens (primary N) is 1. The first-order chi connectivity index (χ1) is 11.3. The molecule has 2 aromatic heterocycles. The summed E-state index contributed by atoms with van der Waals surface area (Å²) in [6.45, 7) is 2.93. The van der Waals surface area contributed by atoms with Crippen LogP contribution >= 0.6 is 0 Å². The number of hydrogen-bond donors (Lipinski definition) is 1. The molecule has 23 heavy (non-hydrogen) atoms. The van der Waals surface area contributed by atoms with Crippen molar-refractivity contribution in [2.24, 2.45) is 0 Å². The van der Waals surface area contributed by atoms with Crippen LogP contribution in [0.4, 0.5) is 5.82 Å². The third-order valence-electron chi connectivity index (χ3n) is 3.66. The first-order valence-electron chi connectivity index (χ1n) is 7.88. The van der Waals surface area contributed by atoms with Crippen molar-refractivity contribution >= 4 is 5.82 Å². The first-order valence-corrected chi connectivity index (χ1v) is 7.88. The molecule has 0 atom stereocenters. The van der Waals surface area contributed by atoms with Crippen LogP contribution in [0.5, 0.6) is 0 Å². The number of rotatable bonds is 7. The molecule has 0 unspecified atom stereocenters. The van der Waals surface area contributed by atoms with E-state index in [1.807, 2.05) is 30.3 Å². The van der Waals surface area contributed by atoms with E-state index in [1.54, 1.807) is 4.68 Å². The van der Waals surface area contributed by atoms with Gasteiger partial charge in [0.25, 0.3) is 5.89 Å². The number of nitrogens with zero attached hydrogens (tertiary/aromatic N) is 5. The summed E-state index contributed by atoms with van der Waals surface area (Å²) in [4.78, 5) is 4.36. The summed E-state index contributed by atoms with van der Waals surface area (Å²) in [6.07, 6.45) is 4.59. The standard InChI is InChI=1S/C16H20N6O/c1-2-3-4-8-11-22-14(17)13(19-21-22)16-18-15(20-23-16)12-9-6-5-7-10-12/h5-7,9-10H,2-4,8,11,17H2,1H3. The fourth-order valence-electron chi connectivity index (χ4n) is 2.35. The van der Waals surface area contributed by atoms with Gasteiger partial charge in [-0.15, -0.1) is 5.10 Å². The van der Waals surface area contributed by atoms with Crippen molar-refractivity contribution in [2.75, 3.05) is 5.73 Å². The van der Waals surface area contributed by atoms with Crippen LogP contribution in [0.2, 0.25) is 0 Å². The Labute approximate surface area is 134 Å². The topological polar surface area (TPSA) is 95.6 Å². The maximum atomic E-state index is 6.11. The lowest BCUT2D eigenvalue weighted by Crippen LogP contribution is -2.05. The number of hydrogen-bond acceptors (Lipinski definition) is 6. The highest BCUT2D eigenvalue weighted by atomic mass is 16.5. The maximum absolute atomic E-state index is 6.11. The Hall–Kier alpha value is -2.70. The summed E-state index contributed by atoms with van der Waals surface area (Å²) in [5.74, 6) is 1.27. The van der Waals surface area contributed by atoms with Crippen LogP contribution in [0.15, 0.2) is 34.9 Å². The van der Waals surface area contributed by atoms with Crippen molar-refractivity contribution in [2.45, 2.75) is 39.2 Å². The molecule has 0 aliphatic heterocycles. The zero-order valence-electron chi connectivity index (χ0n) is 13.1. The molecular formula is C16H20N6O. The van der Waals surface area contributed by atoms with Crippen LogP contribution in [-0.4, -0.2) is 25.1 Å². The Bertz CT molecular complexity index is 749. The lowest BCUT2D eigenvalue weighted by atomic mass is 10.2. The van der Waals surface area contributed by atoms with E-state index in [-0.39, 0.29) is 0 Å². The van der Waals surface area contributed by atoms with Gasteiger partial charge in [0.1, 0.15) is 0 Å². The minimum Gasteiger partial charge on any atom is -0.382 e. The molecule has 3 rings (SSSR count). The molecule has 0 saturated heterocycles. The van der Waals surface area contributed by atoms with Gasteiger partial charge in [-0.1, -0.05) is 66.9 Å². The molecule has 2 N–H and O–H groups in total. The summed E-state index contributed by atoms with van der Waals surface area (Å²) < 4.78 is 6.98. The second kappa shape index (κ2) is 7.04. The van der Waals surface area contributed by atoms with E-state index in [9.17, 15) is 0 Å². The van der Waals surface area contributed by atoms with Crippen molar-refractivity contribution in [1.29, 1.82) is 0 Å². The molecule has 0 aliphatic rings. The van der Waals surface area contributed by atoms with Crippen LogP contribution in [0.1, 0.15) is 32.6 Å². The summed E-state index contributed by atoms with van der Waals surface area (Å²) in [7, 11) is 0. The van der Waals surface area contributed by atoms with Gasteiger partial charge in [0, 0.05) is 12.1 Å². The minimum absolute atomic E-state index is 0.293. The lowest BCUT2D eigenvalue weighted by molar-refractivity contribution is 0.431. The normalized spacial score (nSPS) is 11.0. The average Bonchev–Trinajstić information content (AvgIpc) is 3.20. The van der Waals surface area contributed by atoms with Gasteiger partial charge in [-0.2, -0.15) is 4.98 Å². The van der Waals surface area contributed by atoms with Gasteiger partial charge in [0.05, 0.1) is 0 Å². The molecule has 0 spiro atoms. The summed E-state index contributed by atoms with van der Waals surface area (Å²) in [5.41, 5.74) is 7.43. The van der Waals surface area contributed by atoms with Gasteiger partial charge in [0.2, 0.25) is 5.82 Å². The molecule has 7 heteroatoms. The Kier molecular flexibility index (Phi) is 4.65. The summed E-state index contributed by atoms with van der Waals surface area (Å²) >= 11 is 0. The third-order valence-corrected chi connectivity index (χ3v) is 3.66. The van der Waals surface area contributed by atoms with E-state index < -0.39 is 0 Å². The molecule has 0 saturated carbocycles. The Morgan fingerprint density at radius 2 is 1.96 bits per heavy atom. The molecular weight excluding hydrogens is 292 g/mol. The molecule has 0 radical (unpaired) electrons. The number of aromatic nitrogens is 5. The van der Waals surface area contributed by atoms with E-state index in [4.69, 9.17) is 10.3 Å². The monoisotopic (exact) mass is 312 g/mol. The first kappa shape index (κ1) is 15.2. The SMILES string of the molecule is CCCCCCn1nnc(-c2nc(-c3ccccc3)no2)c1N. The van der Waals surface area contributed by atoms with Gasteiger partial charge in [-0.25, -0.2) is 4.68 Å². The molecule has 0 fully saturated rings. The predicted octanol–water partition coefficient (Wildman–Crippen LogP) is 3.16. The zero-order valence-corrected chi connectivity index (χ0v) is 13.1. The van der Waals surface area contributed by atoms with Crippen LogP contribution in [0.3, 0.4) is 0 Å². The van der Waals surface area contributed by atoms with Crippen LogP contribution < -0.4 is 5.73 Å². The fourth-order valence-corrected chi connectivity index (χ4v) is 2.35. The van der Waals surface area contributed by atoms with E-state index in [1.165, 1.54) is 12.8 Å². The van der Waals surface area contributed by atoms with E-state index in [0.29, 0.717) is 23.2 Å². The van der Waals surface area contributed by atoms with Crippen LogP contribution in [0, 0.1) is 0 Å². The number of nitrogen functional groups attached to an aromatic ring is 1. The summed E-state index contributed by atoms with van der Waals surface area (Å²) in [6, 6.07) is 9.62. The number of anilines is 1. The molecule has 3 aromatic rings. The van der Waals surface area contributed by atoms with Crippen molar-refractivity contribution in [3.63, 3.8) is 0 Å². The molecule has 1 aromatic carbocycles. The van der Waals surface area contributed by atoms with E-state index >= 15 is 0 Å². The Morgan fingerprint density at radius 1 is 1.13 bits per heavy atom. The maximum Gasteiger partial charge on any atom is 0.282 e. The Balaban J connectivity index is 1.75. The number of benzene rings is 1. The molecule has 120 valence electrons. The van der Waals surface area contributed by atoms with Gasteiger partial charge in [-0.3, -0.25) is 0 Å². The highest BCUT2D eigenvalue weighted by Gasteiger charge is 2.18. The van der Waals surface area contributed by atoms with Crippen LogP contribution in [0.25, 0.3) is 23.0 Å². The van der Waals surface area contributed by atoms with E-state index in [2.05, 4.69) is 27.4 Å². The van der Waals surface area contributed by atoms with Gasteiger partial charge in [-0.05, 0) is 6.42 Å². The van der Waals surface area contributed by atoms with Crippen molar-refractivity contribution in [3.05, 3.63) is 30.3 Å². The van der Waals surface area contributed by atoms with Crippen molar-refractivity contribution in [3.8, 4) is 23.0 Å². The quantitative estimate of drug-likeness (QED) is 0.673. The van der Waals surface area contributed by atoms with Gasteiger partial charge >= 0.3 is 0 Å². The summed E-state index contributed by atoms with van der Waals surface area (Å²) in [5, 5.41) is 12.2. The third kappa shape index (κ3) is 3.39. The highest BCUT2D eigenvalue weighted by Crippen LogP contribution is 2.24. The fraction of sp³-hybridized carbons (Fsp3) is 0.375. The molecule has 0 aliphatic carbocycles. The second-order valence-corrected chi connectivity index (χ2v) is 5.40. The smallest absolute Gasteiger partial charge is 0.282 e. The second-order valence-electron chi connectivity index (χ2n) is 5.40. The van der Waals surface area contributed by atoms with Crippen LogP contribution in [-0.2, 0) is 6.54 Å². The van der Waals surface area contributed by atoms with Gasteiger partial charge in [0.15, 0.2) is 11.5 Å². The number of unbranched alkanes of at least 4 members (excludes halogenated alkanes) is 3. The minimum atomic E-state index is 0.293. The lowest BCUT2D eigenvalue weighted by Gasteiger charge is -2.02. The Morgan fingerprint density at radius 3 is 2.74 bits per heavy atom. The predicted molar refractivity (Wildman–Crippen MR) is 87.3 cm³/mol. The largest absolute Gasteiger partial charge is 0.382 e. The zero-order chi connectivity index (χ0) is 16.1. The molecule has 2 heterocycles. The molecule has 7 nitrogen and oxygen atoms in total. The van der Waals surface area contributed by atoms with Crippen molar-refractivity contribution < 1.29 is 4.52 Å². The molecule has 0 bridgehead atoms. The molecule has 0 amide bonds. The average molecular weight is 312 g/mol. The van der Waals surface area contributed by atoms with E-state index in [0.717, 1.165) is 24.9 Å². The highest BCUT2D eigenvalue weighted by molar-refractivity contribution is 5.64. The number of aryl methyl sites for hydroxylation is 1. The van der Waals surface area contributed by atoms with Crippen molar-refractivity contribution in [1.82, 2.24) is 25.1 Å².